The summed E-state index contributed by atoms with van der Waals surface area (Å²) in [5, 5.41) is 3.32. The zero-order valence-electron chi connectivity index (χ0n) is 11.7. The molecule has 0 saturated heterocycles. The molecule has 0 radical (unpaired) electrons. The van der Waals surface area contributed by atoms with Crippen molar-refractivity contribution in [3.63, 3.8) is 0 Å². The second-order valence-corrected chi connectivity index (χ2v) is 5.21. The number of nitrogens with zero attached hydrogens (tertiary/aromatic N) is 2. The maximum absolute atomic E-state index is 4.59. The minimum atomic E-state index is 0.686. The van der Waals surface area contributed by atoms with Crippen molar-refractivity contribution in [1.29, 1.82) is 0 Å². The van der Waals surface area contributed by atoms with Crippen molar-refractivity contribution in [3.8, 4) is 0 Å². The van der Waals surface area contributed by atoms with Crippen LogP contribution in [0, 0.1) is 0 Å². The molecule has 0 spiro atoms. The Morgan fingerprint density at radius 3 is 2.67 bits per heavy atom. The lowest BCUT2D eigenvalue weighted by Crippen LogP contribution is -2.33. The van der Waals surface area contributed by atoms with Crippen molar-refractivity contribution in [3.05, 3.63) is 23.9 Å². The zero-order chi connectivity index (χ0) is 12.8. The van der Waals surface area contributed by atoms with Crippen LogP contribution in [0.2, 0.25) is 0 Å². The summed E-state index contributed by atoms with van der Waals surface area (Å²) >= 11 is 0. The molecule has 1 aliphatic carbocycles. The van der Waals surface area contributed by atoms with Gasteiger partial charge in [-0.25, -0.2) is 4.98 Å². The third kappa shape index (κ3) is 3.45. The average molecular weight is 247 g/mol. The monoisotopic (exact) mass is 247 g/mol. The maximum atomic E-state index is 4.59. The van der Waals surface area contributed by atoms with Crippen LogP contribution in [0.4, 0.5) is 5.82 Å². The zero-order valence-corrected chi connectivity index (χ0v) is 11.7. The summed E-state index contributed by atoms with van der Waals surface area (Å²) in [5.74, 6) is 1.11. The van der Waals surface area contributed by atoms with Crippen LogP contribution in [0.5, 0.6) is 0 Å². The molecule has 18 heavy (non-hydrogen) atoms. The molecule has 100 valence electrons. The number of pyridine rings is 1. The lowest BCUT2D eigenvalue weighted by molar-refractivity contribution is 0.426. The number of hydrogen-bond acceptors (Lipinski definition) is 3. The molecule has 0 aromatic carbocycles. The van der Waals surface area contributed by atoms with Crippen molar-refractivity contribution in [2.45, 2.75) is 51.6 Å². The molecule has 1 aromatic heterocycles. The molecule has 0 atom stereocenters. The Hall–Kier alpha value is -1.09. The van der Waals surface area contributed by atoms with Gasteiger partial charge in [0.2, 0.25) is 0 Å². The summed E-state index contributed by atoms with van der Waals surface area (Å²) in [6.45, 7) is 4.04. The van der Waals surface area contributed by atoms with Crippen molar-refractivity contribution < 1.29 is 0 Å². The molecule has 1 aromatic rings. The largest absolute Gasteiger partial charge is 0.357 e. The molecule has 2 rings (SSSR count). The normalized spacial score (nSPS) is 16.8. The highest BCUT2D eigenvalue weighted by Crippen LogP contribution is 2.24. The number of anilines is 1. The van der Waals surface area contributed by atoms with E-state index in [0.717, 1.165) is 18.9 Å². The molecule has 1 aliphatic rings. The van der Waals surface area contributed by atoms with E-state index in [0.29, 0.717) is 6.04 Å². The first-order valence-corrected chi connectivity index (χ1v) is 7.19. The Morgan fingerprint density at radius 2 is 2.06 bits per heavy atom. The first-order valence-electron chi connectivity index (χ1n) is 7.19. The van der Waals surface area contributed by atoms with Crippen molar-refractivity contribution in [2.24, 2.45) is 0 Å². The van der Waals surface area contributed by atoms with E-state index in [2.05, 4.69) is 41.3 Å². The summed E-state index contributed by atoms with van der Waals surface area (Å²) in [6.07, 6.45) is 8.77. The van der Waals surface area contributed by atoms with Crippen LogP contribution >= 0.6 is 0 Å². The van der Waals surface area contributed by atoms with Crippen molar-refractivity contribution in [2.75, 3.05) is 18.5 Å². The number of hydrogen-bond donors (Lipinski definition) is 1. The maximum Gasteiger partial charge on any atom is 0.128 e. The number of nitrogens with one attached hydrogen (secondary N) is 1. The van der Waals surface area contributed by atoms with Gasteiger partial charge in [-0.05, 0) is 31.0 Å². The van der Waals surface area contributed by atoms with Crippen LogP contribution in [0.15, 0.2) is 18.3 Å². The highest BCUT2D eigenvalue weighted by atomic mass is 15.2. The van der Waals surface area contributed by atoms with Gasteiger partial charge < -0.3 is 10.2 Å². The van der Waals surface area contributed by atoms with Gasteiger partial charge in [0.15, 0.2) is 0 Å². The number of aromatic nitrogens is 1. The highest BCUT2D eigenvalue weighted by molar-refractivity contribution is 5.39. The van der Waals surface area contributed by atoms with Gasteiger partial charge in [0.1, 0.15) is 5.82 Å². The molecule has 0 aliphatic heterocycles. The SMILES string of the molecule is CCNCc1ccc(N(C)C2CCCCC2)nc1. The Morgan fingerprint density at radius 1 is 1.28 bits per heavy atom. The summed E-state index contributed by atoms with van der Waals surface area (Å²) in [6, 6.07) is 5.02. The number of rotatable bonds is 5. The summed E-state index contributed by atoms with van der Waals surface area (Å²) in [4.78, 5) is 6.95. The van der Waals surface area contributed by atoms with Gasteiger partial charge in [-0.1, -0.05) is 32.3 Å². The summed E-state index contributed by atoms with van der Waals surface area (Å²) < 4.78 is 0. The summed E-state index contributed by atoms with van der Waals surface area (Å²) in [5.41, 5.74) is 1.26. The van der Waals surface area contributed by atoms with Gasteiger partial charge >= 0.3 is 0 Å². The van der Waals surface area contributed by atoms with E-state index < -0.39 is 0 Å². The van der Waals surface area contributed by atoms with Crippen molar-refractivity contribution >= 4 is 5.82 Å². The fourth-order valence-electron chi connectivity index (χ4n) is 2.65. The topological polar surface area (TPSA) is 28.2 Å². The Kier molecular flexibility index (Phi) is 5.00. The van der Waals surface area contributed by atoms with E-state index in [-0.39, 0.29) is 0 Å². The van der Waals surface area contributed by atoms with E-state index in [1.54, 1.807) is 0 Å². The second-order valence-electron chi connectivity index (χ2n) is 5.21. The van der Waals surface area contributed by atoms with Crippen LogP contribution in [0.3, 0.4) is 0 Å². The third-order valence-electron chi connectivity index (χ3n) is 3.87. The smallest absolute Gasteiger partial charge is 0.128 e. The lowest BCUT2D eigenvalue weighted by Gasteiger charge is -2.32. The van der Waals surface area contributed by atoms with E-state index >= 15 is 0 Å². The van der Waals surface area contributed by atoms with Gasteiger partial charge in [-0.3, -0.25) is 0 Å². The summed E-state index contributed by atoms with van der Waals surface area (Å²) in [7, 11) is 2.18. The molecule has 3 heteroatoms. The van der Waals surface area contributed by atoms with E-state index in [4.69, 9.17) is 0 Å². The Balaban J connectivity index is 1.95. The van der Waals surface area contributed by atoms with Gasteiger partial charge in [-0.15, -0.1) is 0 Å². The molecule has 0 bridgehead atoms. The van der Waals surface area contributed by atoms with E-state index in [1.807, 2.05) is 6.20 Å². The highest BCUT2D eigenvalue weighted by Gasteiger charge is 2.18. The molecule has 3 nitrogen and oxygen atoms in total. The predicted molar refractivity (Wildman–Crippen MR) is 76.9 cm³/mol. The van der Waals surface area contributed by atoms with Gasteiger partial charge in [-0.2, -0.15) is 0 Å². The first kappa shape index (κ1) is 13.3. The fourth-order valence-corrected chi connectivity index (χ4v) is 2.65. The van der Waals surface area contributed by atoms with Crippen LogP contribution in [-0.2, 0) is 6.54 Å². The first-order chi connectivity index (χ1) is 8.81. The lowest BCUT2D eigenvalue weighted by atomic mass is 9.94. The van der Waals surface area contributed by atoms with Crippen LogP contribution in [0.25, 0.3) is 0 Å². The standard InChI is InChI=1S/C15H25N3/c1-3-16-11-13-9-10-15(17-12-13)18(2)14-7-5-4-6-8-14/h9-10,12,14,16H,3-8,11H2,1-2H3. The van der Waals surface area contributed by atoms with Crippen LogP contribution in [0.1, 0.15) is 44.6 Å². The molecule has 1 N–H and O–H groups in total. The average Bonchev–Trinajstić information content (AvgIpc) is 2.46. The molecule has 1 heterocycles. The molecule has 1 fully saturated rings. The van der Waals surface area contributed by atoms with Gasteiger partial charge in [0, 0.05) is 25.8 Å². The minimum absolute atomic E-state index is 0.686. The molecule has 0 unspecified atom stereocenters. The van der Waals surface area contributed by atoms with Crippen molar-refractivity contribution in [1.82, 2.24) is 10.3 Å². The molecule has 1 saturated carbocycles. The fraction of sp³-hybridized carbons (Fsp3) is 0.667. The Labute approximate surface area is 111 Å². The van der Waals surface area contributed by atoms with Gasteiger partial charge in [0.05, 0.1) is 0 Å². The second kappa shape index (κ2) is 6.74. The molecular weight excluding hydrogens is 222 g/mol. The minimum Gasteiger partial charge on any atom is -0.357 e. The quantitative estimate of drug-likeness (QED) is 0.867. The van der Waals surface area contributed by atoms with Crippen LogP contribution in [-0.4, -0.2) is 24.6 Å². The molecular formula is C15H25N3. The van der Waals surface area contributed by atoms with Crippen LogP contribution < -0.4 is 10.2 Å². The van der Waals surface area contributed by atoms with E-state index in [1.165, 1.54) is 37.7 Å². The van der Waals surface area contributed by atoms with E-state index in [9.17, 15) is 0 Å². The molecule has 0 amide bonds. The Bertz CT molecular complexity index is 341. The predicted octanol–water partition coefficient (Wildman–Crippen LogP) is 2.96. The third-order valence-corrected chi connectivity index (χ3v) is 3.87. The van der Waals surface area contributed by atoms with Gasteiger partial charge in [0.25, 0.3) is 0 Å².